The van der Waals surface area contributed by atoms with Gasteiger partial charge in [0.15, 0.2) is 5.82 Å². The normalized spacial score (nSPS) is 13.7. The standard InChI is InChI=1S/C10H16F3N3O2S/c1-19-5-3-7(14)9-15-8(16-18-9)2-4-17-6-10(11,12)13/h7H,2-6,14H2,1H3/t7-/m0/s1. The molecule has 1 heterocycles. The van der Waals surface area contributed by atoms with E-state index in [1.54, 1.807) is 11.8 Å². The van der Waals surface area contributed by atoms with E-state index in [1.807, 2.05) is 6.26 Å². The predicted octanol–water partition coefficient (Wildman–Crippen LogP) is 1.94. The molecule has 1 atom stereocenters. The van der Waals surface area contributed by atoms with Crippen LogP contribution in [-0.4, -0.2) is 41.5 Å². The largest absolute Gasteiger partial charge is 0.411 e. The van der Waals surface area contributed by atoms with Crippen LogP contribution in [0.5, 0.6) is 0 Å². The Kier molecular flexibility index (Phi) is 6.59. The predicted molar refractivity (Wildman–Crippen MR) is 64.8 cm³/mol. The van der Waals surface area contributed by atoms with Gasteiger partial charge in [0.05, 0.1) is 12.6 Å². The molecule has 1 aromatic heterocycles. The van der Waals surface area contributed by atoms with Crippen LogP contribution in [0.25, 0.3) is 0 Å². The van der Waals surface area contributed by atoms with Gasteiger partial charge in [-0.3, -0.25) is 0 Å². The topological polar surface area (TPSA) is 74.2 Å². The van der Waals surface area contributed by atoms with Crippen molar-refractivity contribution in [1.29, 1.82) is 0 Å². The van der Waals surface area contributed by atoms with Crippen LogP contribution in [0.1, 0.15) is 24.2 Å². The Labute approximate surface area is 113 Å². The summed E-state index contributed by atoms with van der Waals surface area (Å²) in [5.74, 6) is 1.48. The van der Waals surface area contributed by atoms with Gasteiger partial charge in [-0.25, -0.2) is 0 Å². The molecule has 19 heavy (non-hydrogen) atoms. The van der Waals surface area contributed by atoms with Crippen molar-refractivity contribution >= 4 is 11.8 Å². The SMILES string of the molecule is CSCC[C@H](N)c1nc(CCOCC(F)(F)F)no1. The van der Waals surface area contributed by atoms with Crippen molar-refractivity contribution in [1.82, 2.24) is 10.1 Å². The number of alkyl halides is 3. The number of rotatable bonds is 8. The van der Waals surface area contributed by atoms with Crippen LogP contribution in [0.15, 0.2) is 4.52 Å². The first-order valence-corrected chi connectivity index (χ1v) is 7.03. The number of ether oxygens (including phenoxy) is 1. The summed E-state index contributed by atoms with van der Waals surface area (Å²) in [4.78, 5) is 4.02. The van der Waals surface area contributed by atoms with Gasteiger partial charge in [-0.1, -0.05) is 5.16 Å². The molecule has 110 valence electrons. The number of nitrogens with two attached hydrogens (primary N) is 1. The monoisotopic (exact) mass is 299 g/mol. The Morgan fingerprint density at radius 2 is 2.21 bits per heavy atom. The van der Waals surface area contributed by atoms with Crippen molar-refractivity contribution in [3.8, 4) is 0 Å². The molecule has 2 N–H and O–H groups in total. The quantitative estimate of drug-likeness (QED) is 0.740. The molecule has 0 fully saturated rings. The van der Waals surface area contributed by atoms with E-state index in [-0.39, 0.29) is 19.1 Å². The molecule has 0 aliphatic heterocycles. The molecule has 5 nitrogen and oxygen atoms in total. The Bertz CT molecular complexity index is 373. The Balaban J connectivity index is 2.30. The smallest absolute Gasteiger partial charge is 0.372 e. The summed E-state index contributed by atoms with van der Waals surface area (Å²) in [6.07, 6.45) is -1.49. The van der Waals surface area contributed by atoms with Crippen molar-refractivity contribution < 1.29 is 22.4 Å². The van der Waals surface area contributed by atoms with Gasteiger partial charge in [-0.15, -0.1) is 0 Å². The van der Waals surface area contributed by atoms with Gasteiger partial charge in [-0.2, -0.15) is 29.9 Å². The maximum Gasteiger partial charge on any atom is 0.411 e. The van der Waals surface area contributed by atoms with Gasteiger partial charge >= 0.3 is 6.18 Å². The molecule has 0 radical (unpaired) electrons. The lowest BCUT2D eigenvalue weighted by atomic mass is 10.2. The highest BCUT2D eigenvalue weighted by molar-refractivity contribution is 7.98. The summed E-state index contributed by atoms with van der Waals surface area (Å²) in [6.45, 7) is -1.39. The second-order valence-electron chi connectivity index (χ2n) is 3.85. The Morgan fingerprint density at radius 3 is 2.84 bits per heavy atom. The first-order chi connectivity index (χ1) is 8.92. The highest BCUT2D eigenvalue weighted by atomic mass is 32.2. The fourth-order valence-electron chi connectivity index (χ4n) is 1.24. The van der Waals surface area contributed by atoms with Gasteiger partial charge < -0.3 is 15.0 Å². The molecular weight excluding hydrogens is 283 g/mol. The van der Waals surface area contributed by atoms with Gasteiger partial charge in [0.25, 0.3) is 0 Å². The van der Waals surface area contributed by atoms with E-state index in [9.17, 15) is 13.2 Å². The highest BCUT2D eigenvalue weighted by Gasteiger charge is 2.27. The molecular formula is C10H16F3N3O2S. The minimum Gasteiger partial charge on any atom is -0.372 e. The van der Waals surface area contributed by atoms with Crippen LogP contribution in [0.3, 0.4) is 0 Å². The van der Waals surface area contributed by atoms with Gasteiger partial charge in [0, 0.05) is 6.42 Å². The minimum atomic E-state index is -4.32. The van der Waals surface area contributed by atoms with E-state index in [2.05, 4.69) is 14.9 Å². The number of aromatic nitrogens is 2. The van der Waals surface area contributed by atoms with E-state index in [4.69, 9.17) is 10.3 Å². The van der Waals surface area contributed by atoms with E-state index in [1.165, 1.54) is 0 Å². The van der Waals surface area contributed by atoms with Crippen LogP contribution in [-0.2, 0) is 11.2 Å². The van der Waals surface area contributed by atoms with E-state index < -0.39 is 12.8 Å². The Morgan fingerprint density at radius 1 is 1.47 bits per heavy atom. The van der Waals surface area contributed by atoms with Crippen LogP contribution in [0.2, 0.25) is 0 Å². The molecule has 0 unspecified atom stereocenters. The zero-order valence-corrected chi connectivity index (χ0v) is 11.3. The third-order valence-corrected chi connectivity index (χ3v) is 2.81. The molecule has 0 aromatic carbocycles. The molecule has 0 amide bonds. The molecule has 0 aliphatic rings. The average Bonchev–Trinajstić information content (AvgIpc) is 2.79. The summed E-state index contributed by atoms with van der Waals surface area (Å²) in [7, 11) is 0. The summed E-state index contributed by atoms with van der Waals surface area (Å²) in [6, 6.07) is -0.343. The maximum atomic E-state index is 11.8. The van der Waals surface area contributed by atoms with Gasteiger partial charge in [-0.05, 0) is 18.4 Å². The number of thioether (sulfide) groups is 1. The molecule has 0 bridgehead atoms. The minimum absolute atomic E-state index is 0.113. The van der Waals surface area contributed by atoms with Crippen molar-refractivity contribution in [2.45, 2.75) is 25.1 Å². The van der Waals surface area contributed by atoms with Crippen LogP contribution in [0.4, 0.5) is 13.2 Å². The van der Waals surface area contributed by atoms with Crippen molar-refractivity contribution in [3.05, 3.63) is 11.7 Å². The number of nitrogens with zero attached hydrogens (tertiary/aromatic N) is 2. The third-order valence-electron chi connectivity index (χ3n) is 2.17. The third kappa shape index (κ3) is 6.79. The van der Waals surface area contributed by atoms with Crippen molar-refractivity contribution in [2.24, 2.45) is 5.73 Å². The lowest BCUT2D eigenvalue weighted by Crippen LogP contribution is -2.18. The zero-order valence-electron chi connectivity index (χ0n) is 10.4. The maximum absolute atomic E-state index is 11.8. The molecule has 0 aliphatic carbocycles. The fraction of sp³-hybridized carbons (Fsp3) is 0.800. The highest BCUT2D eigenvalue weighted by Crippen LogP contribution is 2.15. The van der Waals surface area contributed by atoms with Crippen molar-refractivity contribution in [3.63, 3.8) is 0 Å². The first-order valence-electron chi connectivity index (χ1n) is 5.64. The molecule has 0 saturated heterocycles. The molecule has 1 aromatic rings. The van der Waals surface area contributed by atoms with Crippen LogP contribution < -0.4 is 5.73 Å². The summed E-state index contributed by atoms with van der Waals surface area (Å²) in [5, 5.41) is 3.65. The zero-order chi connectivity index (χ0) is 14.3. The lowest BCUT2D eigenvalue weighted by Gasteiger charge is -2.05. The lowest BCUT2D eigenvalue weighted by molar-refractivity contribution is -0.173. The molecule has 9 heteroatoms. The summed E-state index contributed by atoms with van der Waals surface area (Å²) >= 11 is 1.65. The van der Waals surface area contributed by atoms with Crippen molar-refractivity contribution in [2.75, 3.05) is 25.2 Å². The fourth-order valence-corrected chi connectivity index (χ4v) is 1.73. The van der Waals surface area contributed by atoms with E-state index in [0.29, 0.717) is 18.1 Å². The van der Waals surface area contributed by atoms with Gasteiger partial charge in [0.1, 0.15) is 6.61 Å². The second kappa shape index (κ2) is 7.71. The van der Waals surface area contributed by atoms with Crippen LogP contribution in [0, 0.1) is 0 Å². The first kappa shape index (κ1) is 16.3. The van der Waals surface area contributed by atoms with Crippen LogP contribution >= 0.6 is 11.8 Å². The number of halogens is 3. The molecule has 1 rings (SSSR count). The average molecular weight is 299 g/mol. The number of hydrogen-bond donors (Lipinski definition) is 1. The molecule has 0 saturated carbocycles. The van der Waals surface area contributed by atoms with E-state index in [0.717, 1.165) is 5.75 Å². The summed E-state index contributed by atoms with van der Waals surface area (Å²) < 4.78 is 44.9. The van der Waals surface area contributed by atoms with E-state index >= 15 is 0 Å². The molecule has 0 spiro atoms. The Hall–Kier alpha value is -0.800. The summed E-state index contributed by atoms with van der Waals surface area (Å²) in [5.41, 5.74) is 5.82. The van der Waals surface area contributed by atoms with Gasteiger partial charge in [0.2, 0.25) is 5.89 Å². The number of hydrogen-bond acceptors (Lipinski definition) is 6. The second-order valence-corrected chi connectivity index (χ2v) is 4.84.